The van der Waals surface area contributed by atoms with Gasteiger partial charge in [0.05, 0.1) is 22.8 Å². The molecular formula is C29H24N2. The first-order valence-electron chi connectivity index (χ1n) is 10.9. The van der Waals surface area contributed by atoms with E-state index >= 15 is 0 Å². The predicted octanol–water partition coefficient (Wildman–Crippen LogP) is 7.47. The summed E-state index contributed by atoms with van der Waals surface area (Å²) in [5, 5.41) is 0. The Morgan fingerprint density at radius 2 is 1.26 bits per heavy atom. The minimum absolute atomic E-state index is 0.0337. The van der Waals surface area contributed by atoms with E-state index in [0.717, 1.165) is 17.8 Å². The van der Waals surface area contributed by atoms with Crippen molar-refractivity contribution in [2.45, 2.75) is 25.7 Å². The molecule has 6 rings (SSSR count). The van der Waals surface area contributed by atoms with Crippen LogP contribution in [0.1, 0.15) is 36.1 Å². The Morgan fingerprint density at radius 3 is 1.90 bits per heavy atom. The van der Waals surface area contributed by atoms with Gasteiger partial charge in [-0.05, 0) is 52.6 Å². The molecule has 0 amide bonds. The first kappa shape index (κ1) is 18.1. The highest BCUT2D eigenvalue weighted by Gasteiger charge is 2.36. The van der Waals surface area contributed by atoms with E-state index < -0.39 is 0 Å². The molecule has 0 bridgehead atoms. The second-order valence-electron chi connectivity index (χ2n) is 8.91. The summed E-state index contributed by atoms with van der Waals surface area (Å²) >= 11 is 0. The molecule has 0 aromatic heterocycles. The molecule has 0 unspecified atom stereocenters. The van der Waals surface area contributed by atoms with Crippen molar-refractivity contribution in [2.24, 2.45) is 4.99 Å². The average molecular weight is 401 g/mol. The molecule has 0 saturated heterocycles. The van der Waals surface area contributed by atoms with E-state index in [1.807, 2.05) is 0 Å². The van der Waals surface area contributed by atoms with Crippen LogP contribution in [0, 0.1) is 0 Å². The smallest absolute Gasteiger partial charge is 0.0669 e. The molecule has 2 nitrogen and oxygen atoms in total. The number of benzene rings is 4. The summed E-state index contributed by atoms with van der Waals surface area (Å²) < 4.78 is 0. The van der Waals surface area contributed by atoms with Crippen molar-refractivity contribution in [2.75, 3.05) is 4.90 Å². The predicted molar refractivity (Wildman–Crippen MR) is 130 cm³/mol. The minimum Gasteiger partial charge on any atom is -0.310 e. The third-order valence-electron chi connectivity index (χ3n) is 6.70. The fraction of sp³-hybridized carbons (Fsp3) is 0.138. The molecule has 4 aromatic carbocycles. The standard InChI is InChI=1S/C29H24N2/c1-29(2)23-10-4-7-13-27(23)31(28-14-8-5-11-24(28)29)22-17-15-20(16-18-22)26-19-21-9-3-6-12-25(21)30-26/h3-18H,19H2,1-2H3. The summed E-state index contributed by atoms with van der Waals surface area (Å²) in [6.45, 7) is 4.64. The van der Waals surface area contributed by atoms with Crippen LogP contribution in [0.25, 0.3) is 0 Å². The Kier molecular flexibility index (Phi) is 3.91. The fourth-order valence-corrected chi connectivity index (χ4v) is 5.05. The molecule has 0 radical (unpaired) electrons. The molecule has 2 heteroatoms. The van der Waals surface area contributed by atoms with Crippen molar-refractivity contribution < 1.29 is 0 Å². The molecule has 150 valence electrons. The van der Waals surface area contributed by atoms with Gasteiger partial charge in [0, 0.05) is 17.5 Å². The van der Waals surface area contributed by atoms with Gasteiger partial charge in [-0.2, -0.15) is 0 Å². The van der Waals surface area contributed by atoms with Crippen LogP contribution in [0.5, 0.6) is 0 Å². The van der Waals surface area contributed by atoms with Crippen molar-refractivity contribution in [1.29, 1.82) is 0 Å². The lowest BCUT2D eigenvalue weighted by Gasteiger charge is -2.42. The second kappa shape index (κ2) is 6.68. The van der Waals surface area contributed by atoms with Crippen LogP contribution in [0.4, 0.5) is 22.7 Å². The summed E-state index contributed by atoms with van der Waals surface area (Å²) in [7, 11) is 0. The van der Waals surface area contributed by atoms with E-state index in [0.29, 0.717) is 0 Å². The Balaban J connectivity index is 1.43. The molecule has 0 aliphatic carbocycles. The summed E-state index contributed by atoms with van der Waals surface area (Å²) in [5.41, 5.74) is 11.1. The summed E-state index contributed by atoms with van der Waals surface area (Å²) in [4.78, 5) is 7.25. The number of para-hydroxylation sites is 3. The SMILES string of the molecule is CC1(C)c2ccccc2N(c2ccc(C3=Nc4ccccc4C3)cc2)c2ccccc21. The van der Waals surface area contributed by atoms with Gasteiger partial charge in [-0.25, -0.2) is 0 Å². The van der Waals surface area contributed by atoms with E-state index in [9.17, 15) is 0 Å². The van der Waals surface area contributed by atoms with Gasteiger partial charge in [0.25, 0.3) is 0 Å². The lowest BCUT2D eigenvalue weighted by molar-refractivity contribution is 0.632. The highest BCUT2D eigenvalue weighted by molar-refractivity contribution is 6.06. The highest BCUT2D eigenvalue weighted by Crippen LogP contribution is 2.51. The number of anilines is 3. The van der Waals surface area contributed by atoms with Crippen molar-refractivity contribution in [1.82, 2.24) is 0 Å². The third kappa shape index (κ3) is 2.75. The maximum absolute atomic E-state index is 4.86. The summed E-state index contributed by atoms with van der Waals surface area (Å²) in [6, 6.07) is 34.8. The maximum Gasteiger partial charge on any atom is 0.0669 e. The van der Waals surface area contributed by atoms with Crippen LogP contribution in [0.3, 0.4) is 0 Å². The Hall–Kier alpha value is -3.65. The third-order valence-corrected chi connectivity index (χ3v) is 6.70. The van der Waals surface area contributed by atoms with Gasteiger partial charge >= 0.3 is 0 Å². The van der Waals surface area contributed by atoms with Crippen LogP contribution in [0.15, 0.2) is 102 Å². The number of rotatable bonds is 2. The number of hydrogen-bond donors (Lipinski definition) is 0. The largest absolute Gasteiger partial charge is 0.310 e. The zero-order valence-corrected chi connectivity index (χ0v) is 17.8. The van der Waals surface area contributed by atoms with Crippen LogP contribution < -0.4 is 4.90 Å². The van der Waals surface area contributed by atoms with Crippen molar-refractivity contribution in [3.8, 4) is 0 Å². The zero-order chi connectivity index (χ0) is 21.0. The molecular weight excluding hydrogens is 376 g/mol. The quantitative estimate of drug-likeness (QED) is 0.341. The topological polar surface area (TPSA) is 15.6 Å². The van der Waals surface area contributed by atoms with Crippen molar-refractivity contribution in [3.63, 3.8) is 0 Å². The van der Waals surface area contributed by atoms with E-state index in [1.165, 1.54) is 39.3 Å². The summed E-state index contributed by atoms with van der Waals surface area (Å²) in [6.07, 6.45) is 0.902. The van der Waals surface area contributed by atoms with E-state index in [4.69, 9.17) is 4.99 Å². The number of fused-ring (bicyclic) bond motifs is 3. The first-order chi connectivity index (χ1) is 15.1. The van der Waals surface area contributed by atoms with Gasteiger partial charge in [0.15, 0.2) is 0 Å². The molecule has 2 aliphatic heterocycles. The molecule has 4 aromatic rings. The highest BCUT2D eigenvalue weighted by atomic mass is 15.2. The molecule has 2 heterocycles. The lowest BCUT2D eigenvalue weighted by Crippen LogP contribution is -2.30. The first-order valence-corrected chi connectivity index (χ1v) is 10.9. The second-order valence-corrected chi connectivity index (χ2v) is 8.91. The van der Waals surface area contributed by atoms with Gasteiger partial charge in [-0.1, -0.05) is 80.6 Å². The van der Waals surface area contributed by atoms with Gasteiger partial charge in [0.1, 0.15) is 0 Å². The average Bonchev–Trinajstić information content (AvgIpc) is 3.24. The van der Waals surface area contributed by atoms with Crippen LogP contribution >= 0.6 is 0 Å². The normalized spacial score (nSPS) is 15.7. The van der Waals surface area contributed by atoms with Gasteiger partial charge in [0.2, 0.25) is 0 Å². The number of hydrogen-bond acceptors (Lipinski definition) is 2. The van der Waals surface area contributed by atoms with E-state index in [1.54, 1.807) is 0 Å². The molecule has 0 spiro atoms. The molecule has 0 fully saturated rings. The minimum atomic E-state index is -0.0337. The van der Waals surface area contributed by atoms with Gasteiger partial charge < -0.3 is 4.90 Å². The molecule has 31 heavy (non-hydrogen) atoms. The fourth-order valence-electron chi connectivity index (χ4n) is 5.05. The Bertz CT molecular complexity index is 1280. The van der Waals surface area contributed by atoms with E-state index in [-0.39, 0.29) is 5.41 Å². The zero-order valence-electron chi connectivity index (χ0n) is 17.8. The number of nitrogens with zero attached hydrogens (tertiary/aromatic N) is 2. The maximum atomic E-state index is 4.86. The monoisotopic (exact) mass is 400 g/mol. The van der Waals surface area contributed by atoms with Gasteiger partial charge in [-0.3, -0.25) is 4.99 Å². The number of aliphatic imine (C=N–C) groups is 1. The Morgan fingerprint density at radius 1 is 0.677 bits per heavy atom. The van der Waals surface area contributed by atoms with Gasteiger partial charge in [-0.15, -0.1) is 0 Å². The van der Waals surface area contributed by atoms with Crippen LogP contribution in [-0.2, 0) is 11.8 Å². The molecule has 2 aliphatic rings. The molecule has 0 N–H and O–H groups in total. The van der Waals surface area contributed by atoms with Crippen molar-refractivity contribution >= 4 is 28.5 Å². The molecule has 0 atom stereocenters. The van der Waals surface area contributed by atoms with E-state index in [2.05, 4.69) is 116 Å². The Labute approximate surface area is 183 Å². The van der Waals surface area contributed by atoms with Crippen LogP contribution in [-0.4, -0.2) is 5.71 Å². The van der Waals surface area contributed by atoms with Crippen LogP contribution in [0.2, 0.25) is 0 Å². The van der Waals surface area contributed by atoms with Crippen molar-refractivity contribution in [3.05, 3.63) is 119 Å². The summed E-state index contributed by atoms with van der Waals surface area (Å²) in [5.74, 6) is 0. The molecule has 0 saturated carbocycles. The lowest BCUT2D eigenvalue weighted by atomic mass is 9.73.